The fourth-order valence-corrected chi connectivity index (χ4v) is 2.18. The number of benzene rings is 1. The van der Waals surface area contributed by atoms with Gasteiger partial charge in [0.25, 0.3) is 0 Å². The van der Waals surface area contributed by atoms with Crippen molar-refractivity contribution in [1.29, 1.82) is 0 Å². The Bertz CT molecular complexity index is 457. The van der Waals surface area contributed by atoms with Crippen LogP contribution in [0.2, 0.25) is 0 Å². The Hall–Kier alpha value is -1.55. The third-order valence-corrected chi connectivity index (χ3v) is 3.48. The van der Waals surface area contributed by atoms with E-state index in [1.165, 1.54) is 5.56 Å². The molecule has 1 rings (SSSR count). The second kappa shape index (κ2) is 8.67. The highest BCUT2D eigenvalue weighted by molar-refractivity contribution is 5.76. The number of carbonyl (C=O) groups is 1. The van der Waals surface area contributed by atoms with Crippen LogP contribution in [0.25, 0.3) is 0 Å². The number of aliphatic hydroxyl groups excluding tert-OH is 1. The van der Waals surface area contributed by atoms with Gasteiger partial charge in [0, 0.05) is 0 Å². The number of carbonyl (C=O) groups excluding carboxylic acids is 1. The summed E-state index contributed by atoms with van der Waals surface area (Å²) >= 11 is 0. The van der Waals surface area contributed by atoms with E-state index >= 15 is 0 Å². The molecule has 0 fully saturated rings. The summed E-state index contributed by atoms with van der Waals surface area (Å²) in [6, 6.07) is 5.72. The van der Waals surface area contributed by atoms with E-state index in [4.69, 9.17) is 4.74 Å². The van der Waals surface area contributed by atoms with E-state index in [-0.39, 0.29) is 18.6 Å². The van der Waals surface area contributed by atoms with Crippen molar-refractivity contribution in [3.05, 3.63) is 29.3 Å². The molecule has 0 aliphatic rings. The van der Waals surface area contributed by atoms with Crippen LogP contribution in [0.15, 0.2) is 18.2 Å². The number of hydrogen-bond acceptors (Lipinski definition) is 3. The number of ether oxygens (including phenoxy) is 1. The minimum Gasteiger partial charge on any atom is -0.493 e. The van der Waals surface area contributed by atoms with E-state index in [1.807, 2.05) is 32.0 Å². The standard InChI is InChI=1S/C17H27NO3/c1-12(2)10-15(11-19)18-17(20)8-9-21-16-7-5-6-13(3)14(16)4/h5-7,12,15,19H,8-11H2,1-4H3,(H,18,20). The van der Waals surface area contributed by atoms with E-state index in [0.29, 0.717) is 18.9 Å². The summed E-state index contributed by atoms with van der Waals surface area (Å²) in [5.74, 6) is 1.18. The first-order valence-electron chi connectivity index (χ1n) is 7.53. The van der Waals surface area contributed by atoms with Crippen LogP contribution in [0, 0.1) is 19.8 Å². The predicted molar refractivity (Wildman–Crippen MR) is 84.5 cm³/mol. The zero-order valence-corrected chi connectivity index (χ0v) is 13.5. The van der Waals surface area contributed by atoms with E-state index in [0.717, 1.165) is 17.7 Å². The number of rotatable bonds is 8. The molecule has 1 unspecified atom stereocenters. The lowest BCUT2D eigenvalue weighted by atomic mass is 10.0. The summed E-state index contributed by atoms with van der Waals surface area (Å²) in [6.45, 7) is 8.50. The summed E-state index contributed by atoms with van der Waals surface area (Å²) in [5.41, 5.74) is 2.28. The number of amides is 1. The third-order valence-electron chi connectivity index (χ3n) is 3.48. The smallest absolute Gasteiger partial charge is 0.223 e. The van der Waals surface area contributed by atoms with Crippen LogP contribution in [0.5, 0.6) is 5.75 Å². The molecule has 21 heavy (non-hydrogen) atoms. The number of aliphatic hydroxyl groups is 1. The molecule has 0 heterocycles. The molecule has 1 atom stereocenters. The van der Waals surface area contributed by atoms with Gasteiger partial charge in [-0.05, 0) is 43.4 Å². The largest absolute Gasteiger partial charge is 0.493 e. The molecular weight excluding hydrogens is 266 g/mol. The molecule has 0 spiro atoms. The van der Waals surface area contributed by atoms with Gasteiger partial charge in [-0.2, -0.15) is 0 Å². The zero-order valence-electron chi connectivity index (χ0n) is 13.5. The van der Waals surface area contributed by atoms with Gasteiger partial charge in [0.05, 0.1) is 25.7 Å². The maximum absolute atomic E-state index is 11.8. The molecule has 0 bridgehead atoms. The van der Waals surface area contributed by atoms with Gasteiger partial charge in [0.2, 0.25) is 5.91 Å². The molecule has 0 aromatic heterocycles. The molecule has 0 aliphatic heterocycles. The van der Waals surface area contributed by atoms with Crippen molar-refractivity contribution in [3.8, 4) is 5.75 Å². The molecule has 1 amide bonds. The van der Waals surface area contributed by atoms with E-state index in [9.17, 15) is 9.90 Å². The van der Waals surface area contributed by atoms with Gasteiger partial charge in [-0.1, -0.05) is 26.0 Å². The molecule has 0 radical (unpaired) electrons. The average Bonchev–Trinajstić information content (AvgIpc) is 2.42. The van der Waals surface area contributed by atoms with Gasteiger partial charge in [-0.15, -0.1) is 0 Å². The highest BCUT2D eigenvalue weighted by Gasteiger charge is 2.13. The van der Waals surface area contributed by atoms with Crippen molar-refractivity contribution in [1.82, 2.24) is 5.32 Å². The molecule has 0 saturated heterocycles. The van der Waals surface area contributed by atoms with Gasteiger partial charge in [0.15, 0.2) is 0 Å². The lowest BCUT2D eigenvalue weighted by molar-refractivity contribution is -0.122. The Morgan fingerprint density at radius 2 is 2.05 bits per heavy atom. The fourth-order valence-electron chi connectivity index (χ4n) is 2.18. The molecule has 118 valence electrons. The van der Waals surface area contributed by atoms with Crippen LogP contribution in [0.3, 0.4) is 0 Å². The fraction of sp³-hybridized carbons (Fsp3) is 0.588. The molecule has 4 heteroatoms. The molecular formula is C17H27NO3. The second-order valence-electron chi connectivity index (χ2n) is 5.87. The summed E-state index contributed by atoms with van der Waals surface area (Å²) < 4.78 is 5.66. The Kier molecular flexibility index (Phi) is 7.23. The first-order valence-corrected chi connectivity index (χ1v) is 7.53. The number of hydrogen-bond donors (Lipinski definition) is 2. The second-order valence-corrected chi connectivity index (χ2v) is 5.87. The Balaban J connectivity index is 2.38. The molecule has 1 aromatic rings. The number of aryl methyl sites for hydroxylation is 1. The molecule has 0 aliphatic carbocycles. The van der Waals surface area contributed by atoms with Crippen LogP contribution < -0.4 is 10.1 Å². The lowest BCUT2D eigenvalue weighted by Gasteiger charge is -2.18. The highest BCUT2D eigenvalue weighted by Crippen LogP contribution is 2.20. The SMILES string of the molecule is Cc1cccc(OCCC(=O)NC(CO)CC(C)C)c1C. The van der Waals surface area contributed by atoms with Gasteiger partial charge < -0.3 is 15.2 Å². The van der Waals surface area contributed by atoms with E-state index < -0.39 is 0 Å². The topological polar surface area (TPSA) is 58.6 Å². The van der Waals surface area contributed by atoms with Crippen molar-refractivity contribution in [2.24, 2.45) is 5.92 Å². The van der Waals surface area contributed by atoms with Gasteiger partial charge in [-0.25, -0.2) is 0 Å². The minimum absolute atomic E-state index is 0.0260. The highest BCUT2D eigenvalue weighted by atomic mass is 16.5. The normalized spacial score (nSPS) is 12.3. The van der Waals surface area contributed by atoms with Crippen LogP contribution in [0.1, 0.15) is 37.8 Å². The van der Waals surface area contributed by atoms with Crippen molar-refractivity contribution in [2.45, 2.75) is 46.6 Å². The summed E-state index contributed by atoms with van der Waals surface area (Å²) in [6.07, 6.45) is 1.07. The van der Waals surface area contributed by atoms with Crippen LogP contribution >= 0.6 is 0 Å². The van der Waals surface area contributed by atoms with Crippen molar-refractivity contribution < 1.29 is 14.6 Å². The van der Waals surface area contributed by atoms with E-state index in [2.05, 4.69) is 19.2 Å². The summed E-state index contributed by atoms with van der Waals surface area (Å²) in [7, 11) is 0. The molecule has 2 N–H and O–H groups in total. The van der Waals surface area contributed by atoms with Gasteiger partial charge in [0.1, 0.15) is 5.75 Å². The first kappa shape index (κ1) is 17.5. The Labute approximate surface area is 127 Å². The predicted octanol–water partition coefficient (Wildman–Crippen LogP) is 2.60. The quantitative estimate of drug-likeness (QED) is 0.774. The maximum Gasteiger partial charge on any atom is 0.223 e. The summed E-state index contributed by atoms with van der Waals surface area (Å²) in [4.78, 5) is 11.8. The molecule has 0 saturated carbocycles. The van der Waals surface area contributed by atoms with E-state index in [1.54, 1.807) is 0 Å². The maximum atomic E-state index is 11.8. The summed E-state index contributed by atoms with van der Waals surface area (Å²) in [5, 5.41) is 12.1. The monoisotopic (exact) mass is 293 g/mol. The zero-order chi connectivity index (χ0) is 15.8. The van der Waals surface area contributed by atoms with Crippen molar-refractivity contribution >= 4 is 5.91 Å². The molecule has 1 aromatic carbocycles. The third kappa shape index (κ3) is 6.17. The van der Waals surface area contributed by atoms with Crippen molar-refractivity contribution in [2.75, 3.05) is 13.2 Å². The minimum atomic E-state index is -0.168. The number of nitrogens with one attached hydrogen (secondary N) is 1. The van der Waals surface area contributed by atoms with Crippen molar-refractivity contribution in [3.63, 3.8) is 0 Å². The van der Waals surface area contributed by atoms with Gasteiger partial charge >= 0.3 is 0 Å². The van der Waals surface area contributed by atoms with Crippen LogP contribution in [0.4, 0.5) is 0 Å². The lowest BCUT2D eigenvalue weighted by Crippen LogP contribution is -2.38. The Morgan fingerprint density at radius 1 is 1.33 bits per heavy atom. The Morgan fingerprint density at radius 3 is 2.67 bits per heavy atom. The van der Waals surface area contributed by atoms with Crippen LogP contribution in [-0.2, 0) is 4.79 Å². The van der Waals surface area contributed by atoms with Gasteiger partial charge in [-0.3, -0.25) is 4.79 Å². The first-order chi connectivity index (χ1) is 9.93. The average molecular weight is 293 g/mol. The van der Waals surface area contributed by atoms with Crippen LogP contribution in [-0.4, -0.2) is 30.3 Å². The molecule has 4 nitrogen and oxygen atoms in total.